The molecule has 0 saturated heterocycles. The third-order valence-electron chi connectivity index (χ3n) is 1.36. The first-order valence-electron chi connectivity index (χ1n) is 3.03. The summed E-state index contributed by atoms with van der Waals surface area (Å²) in [4.78, 5) is 7.87. The summed E-state index contributed by atoms with van der Waals surface area (Å²) in [5.74, 6) is 0.817. The van der Waals surface area contributed by atoms with Crippen molar-refractivity contribution in [2.75, 3.05) is 5.43 Å². The Labute approximate surface area is 58.0 Å². The van der Waals surface area contributed by atoms with Gasteiger partial charge < -0.3 is 0 Å². The molecule has 0 bridgehead atoms. The van der Waals surface area contributed by atoms with E-state index in [-0.39, 0.29) is 0 Å². The molecule has 4 heteroatoms. The lowest BCUT2D eigenvalue weighted by Gasteiger charge is -2.07. The maximum absolute atomic E-state index is 3.98. The number of nitrogens with one attached hydrogen (secondary N) is 1. The van der Waals surface area contributed by atoms with E-state index in [9.17, 15) is 0 Å². The third kappa shape index (κ3) is 0.737. The normalized spacial score (nSPS) is 14.0. The Kier molecular flexibility index (Phi) is 1.10. The summed E-state index contributed by atoms with van der Waals surface area (Å²) >= 11 is 0. The van der Waals surface area contributed by atoms with E-state index >= 15 is 0 Å². The van der Waals surface area contributed by atoms with Crippen molar-refractivity contribution in [3.8, 4) is 0 Å². The SMILES string of the molecule is C1=NNc2ncncc2C1. The van der Waals surface area contributed by atoms with Crippen molar-refractivity contribution in [2.45, 2.75) is 6.42 Å². The van der Waals surface area contributed by atoms with Gasteiger partial charge in [0.05, 0.1) is 0 Å². The third-order valence-corrected chi connectivity index (χ3v) is 1.36. The van der Waals surface area contributed by atoms with Gasteiger partial charge in [0.25, 0.3) is 0 Å². The molecule has 0 amide bonds. The highest BCUT2D eigenvalue weighted by Gasteiger charge is 2.03. The first kappa shape index (κ1) is 5.34. The van der Waals surface area contributed by atoms with Crippen LogP contribution in [-0.4, -0.2) is 16.2 Å². The molecule has 0 saturated carbocycles. The lowest BCUT2D eigenvalue weighted by molar-refractivity contribution is 1.06. The number of rotatable bonds is 0. The van der Waals surface area contributed by atoms with Crippen molar-refractivity contribution in [2.24, 2.45) is 5.10 Å². The van der Waals surface area contributed by atoms with Gasteiger partial charge in [-0.05, 0) is 0 Å². The van der Waals surface area contributed by atoms with Gasteiger partial charge in [0.1, 0.15) is 6.33 Å². The van der Waals surface area contributed by atoms with Gasteiger partial charge in [0, 0.05) is 24.4 Å². The molecule has 0 aliphatic carbocycles. The largest absolute Gasteiger partial charge is 0.261 e. The predicted octanol–water partition coefficient (Wildman–Crippen LogP) is 0.430. The van der Waals surface area contributed by atoms with Gasteiger partial charge in [0.2, 0.25) is 0 Å². The zero-order chi connectivity index (χ0) is 6.81. The van der Waals surface area contributed by atoms with Crippen LogP contribution in [0.2, 0.25) is 0 Å². The van der Waals surface area contributed by atoms with Crippen molar-refractivity contribution >= 4 is 12.0 Å². The van der Waals surface area contributed by atoms with Gasteiger partial charge in [-0.25, -0.2) is 9.97 Å². The van der Waals surface area contributed by atoms with Crippen LogP contribution in [0.1, 0.15) is 5.56 Å². The minimum Gasteiger partial charge on any atom is -0.261 e. The molecule has 1 N–H and O–H groups in total. The fourth-order valence-electron chi connectivity index (χ4n) is 0.859. The highest BCUT2D eigenvalue weighted by atomic mass is 15.3. The second-order valence-corrected chi connectivity index (χ2v) is 2.02. The number of hydrogen-bond acceptors (Lipinski definition) is 4. The van der Waals surface area contributed by atoms with E-state index in [1.165, 1.54) is 6.33 Å². The molecular formula is C6H6N4. The number of nitrogens with zero attached hydrogens (tertiary/aromatic N) is 3. The van der Waals surface area contributed by atoms with E-state index in [1.807, 2.05) is 0 Å². The Morgan fingerprint density at radius 1 is 1.50 bits per heavy atom. The van der Waals surface area contributed by atoms with E-state index in [4.69, 9.17) is 0 Å². The minimum absolute atomic E-state index is 0.817. The lowest BCUT2D eigenvalue weighted by Crippen LogP contribution is -2.05. The second-order valence-electron chi connectivity index (χ2n) is 2.02. The van der Waals surface area contributed by atoms with E-state index in [0.717, 1.165) is 17.8 Å². The van der Waals surface area contributed by atoms with Crippen LogP contribution in [0.4, 0.5) is 5.82 Å². The molecule has 4 nitrogen and oxygen atoms in total. The molecule has 0 unspecified atom stereocenters. The topological polar surface area (TPSA) is 50.2 Å². The van der Waals surface area contributed by atoms with Gasteiger partial charge in [-0.15, -0.1) is 0 Å². The number of hydrogen-bond donors (Lipinski definition) is 1. The molecule has 2 heterocycles. The Morgan fingerprint density at radius 3 is 3.40 bits per heavy atom. The Bertz CT molecular complexity index is 241. The zero-order valence-corrected chi connectivity index (χ0v) is 5.28. The summed E-state index contributed by atoms with van der Waals surface area (Å²) in [6.07, 6.45) is 5.92. The Hall–Kier alpha value is -1.45. The van der Waals surface area contributed by atoms with Crippen LogP contribution in [0.25, 0.3) is 0 Å². The quantitative estimate of drug-likeness (QED) is 0.559. The van der Waals surface area contributed by atoms with Crippen LogP contribution >= 0.6 is 0 Å². The molecule has 0 aromatic carbocycles. The van der Waals surface area contributed by atoms with Gasteiger partial charge in [-0.2, -0.15) is 5.10 Å². The molecule has 50 valence electrons. The van der Waals surface area contributed by atoms with Gasteiger partial charge in [-0.1, -0.05) is 0 Å². The summed E-state index contributed by atoms with van der Waals surface area (Å²) in [5.41, 5.74) is 3.88. The van der Waals surface area contributed by atoms with E-state index in [1.54, 1.807) is 12.4 Å². The van der Waals surface area contributed by atoms with Crippen molar-refractivity contribution in [3.05, 3.63) is 18.1 Å². The molecule has 0 radical (unpaired) electrons. The maximum atomic E-state index is 3.98. The van der Waals surface area contributed by atoms with Crippen LogP contribution in [0, 0.1) is 0 Å². The number of anilines is 1. The zero-order valence-electron chi connectivity index (χ0n) is 5.28. The molecule has 0 spiro atoms. The van der Waals surface area contributed by atoms with Crippen LogP contribution in [-0.2, 0) is 6.42 Å². The van der Waals surface area contributed by atoms with Crippen LogP contribution in [0.15, 0.2) is 17.6 Å². The molecule has 10 heavy (non-hydrogen) atoms. The fourth-order valence-corrected chi connectivity index (χ4v) is 0.859. The van der Waals surface area contributed by atoms with Crippen molar-refractivity contribution < 1.29 is 0 Å². The van der Waals surface area contributed by atoms with E-state index in [2.05, 4.69) is 20.5 Å². The van der Waals surface area contributed by atoms with Crippen molar-refractivity contribution in [3.63, 3.8) is 0 Å². The highest BCUT2D eigenvalue weighted by molar-refractivity contribution is 5.68. The van der Waals surface area contributed by atoms with Crippen molar-refractivity contribution in [1.29, 1.82) is 0 Å². The molecule has 1 aromatic rings. The number of aromatic nitrogens is 2. The summed E-state index contributed by atoms with van der Waals surface area (Å²) in [7, 11) is 0. The van der Waals surface area contributed by atoms with Crippen LogP contribution in [0.5, 0.6) is 0 Å². The van der Waals surface area contributed by atoms with Gasteiger partial charge in [0.15, 0.2) is 5.82 Å². The van der Waals surface area contributed by atoms with Crippen LogP contribution < -0.4 is 5.43 Å². The Morgan fingerprint density at radius 2 is 2.50 bits per heavy atom. The highest BCUT2D eigenvalue weighted by Crippen LogP contribution is 2.11. The second kappa shape index (κ2) is 2.06. The monoisotopic (exact) mass is 134 g/mol. The van der Waals surface area contributed by atoms with E-state index < -0.39 is 0 Å². The molecule has 1 aliphatic heterocycles. The molecule has 2 rings (SSSR count). The number of fused-ring (bicyclic) bond motifs is 1. The van der Waals surface area contributed by atoms with Crippen molar-refractivity contribution in [1.82, 2.24) is 9.97 Å². The lowest BCUT2D eigenvalue weighted by atomic mass is 10.2. The minimum atomic E-state index is 0.817. The summed E-state index contributed by atoms with van der Waals surface area (Å²) in [6.45, 7) is 0. The average Bonchev–Trinajstić information content (AvgIpc) is 2.05. The summed E-state index contributed by atoms with van der Waals surface area (Å²) in [5, 5.41) is 3.85. The van der Waals surface area contributed by atoms with Crippen LogP contribution in [0.3, 0.4) is 0 Å². The molecule has 1 aliphatic rings. The summed E-state index contributed by atoms with van der Waals surface area (Å²) in [6, 6.07) is 0. The average molecular weight is 134 g/mol. The molecule has 1 aromatic heterocycles. The smallest absolute Gasteiger partial charge is 0.153 e. The molecule has 0 fully saturated rings. The van der Waals surface area contributed by atoms with E-state index in [0.29, 0.717) is 0 Å². The first-order chi connectivity index (χ1) is 4.97. The maximum Gasteiger partial charge on any atom is 0.153 e. The molecule has 0 atom stereocenters. The predicted molar refractivity (Wildman–Crippen MR) is 37.9 cm³/mol. The van der Waals surface area contributed by atoms with Gasteiger partial charge >= 0.3 is 0 Å². The fraction of sp³-hybridized carbons (Fsp3) is 0.167. The first-order valence-corrected chi connectivity index (χ1v) is 3.03. The van der Waals surface area contributed by atoms with Gasteiger partial charge in [-0.3, -0.25) is 5.43 Å². The number of hydrazone groups is 1. The standard InChI is InChI=1S/C6H6N4/c1-2-9-10-6-5(1)3-7-4-8-6/h2-4H,1H2,(H,7,8,10). The molecular weight excluding hydrogens is 128 g/mol. The summed E-state index contributed by atoms with van der Waals surface area (Å²) < 4.78 is 0. The Balaban J connectivity index is 2.47.